The third-order valence-corrected chi connectivity index (χ3v) is 3.16. The van der Waals surface area contributed by atoms with Crippen LogP contribution in [0.2, 0.25) is 0 Å². The van der Waals surface area contributed by atoms with Gasteiger partial charge < -0.3 is 10.0 Å². The van der Waals surface area contributed by atoms with E-state index in [1.165, 1.54) is 4.90 Å². The van der Waals surface area contributed by atoms with Crippen LogP contribution in [-0.4, -0.2) is 33.6 Å². The highest BCUT2D eigenvalue weighted by molar-refractivity contribution is 5.95. The molecule has 7 nitrogen and oxygen atoms in total. The molecule has 2 aromatic rings. The molecule has 0 aliphatic carbocycles. The number of aromatic nitrogens is 1. The number of carboxylic acids is 1. The summed E-state index contributed by atoms with van der Waals surface area (Å²) in [6, 6.07) is 6.26. The summed E-state index contributed by atoms with van der Waals surface area (Å²) in [6.45, 7) is 3.28. The first-order valence-corrected chi connectivity index (χ1v) is 6.42. The largest absolute Gasteiger partial charge is 0.480 e. The average molecular weight is 289 g/mol. The molecule has 2 rings (SSSR count). The van der Waals surface area contributed by atoms with E-state index in [9.17, 15) is 14.9 Å². The Balaban J connectivity index is 2.69. The van der Waals surface area contributed by atoms with Gasteiger partial charge in [0, 0.05) is 12.2 Å². The van der Waals surface area contributed by atoms with Crippen LogP contribution in [0.15, 0.2) is 30.5 Å². The molecule has 0 unspecified atom stereocenters. The van der Waals surface area contributed by atoms with Gasteiger partial charge in [-0.15, -0.1) is 0 Å². The van der Waals surface area contributed by atoms with E-state index >= 15 is 0 Å². The molecule has 0 atom stereocenters. The first kappa shape index (κ1) is 14.7. The highest BCUT2D eigenvalue weighted by Crippen LogP contribution is 2.35. The average Bonchev–Trinajstić information content (AvgIpc) is 2.42. The van der Waals surface area contributed by atoms with E-state index < -0.39 is 10.9 Å². The molecule has 7 heteroatoms. The molecule has 0 aliphatic heterocycles. The summed E-state index contributed by atoms with van der Waals surface area (Å²) in [5.74, 6) is -1.04. The number of anilines is 1. The zero-order chi connectivity index (χ0) is 15.6. The monoisotopic (exact) mass is 289 g/mol. The number of nitro groups is 1. The van der Waals surface area contributed by atoms with E-state index in [-0.39, 0.29) is 24.0 Å². The Morgan fingerprint density at radius 1 is 1.43 bits per heavy atom. The number of carboxylic acid groups (broad SMARTS) is 1. The van der Waals surface area contributed by atoms with Crippen molar-refractivity contribution < 1.29 is 14.8 Å². The molecule has 0 saturated carbocycles. The van der Waals surface area contributed by atoms with Crippen LogP contribution in [0.4, 0.5) is 11.4 Å². The molecule has 21 heavy (non-hydrogen) atoms. The highest BCUT2D eigenvalue weighted by Gasteiger charge is 2.26. The third kappa shape index (κ3) is 2.91. The van der Waals surface area contributed by atoms with Crippen molar-refractivity contribution in [2.45, 2.75) is 19.9 Å². The van der Waals surface area contributed by atoms with Gasteiger partial charge in [-0.1, -0.05) is 0 Å². The molecule has 1 heterocycles. The van der Waals surface area contributed by atoms with E-state index in [0.29, 0.717) is 10.9 Å². The lowest BCUT2D eigenvalue weighted by Crippen LogP contribution is -2.36. The molecule has 110 valence electrons. The summed E-state index contributed by atoms with van der Waals surface area (Å²) in [7, 11) is 0. The van der Waals surface area contributed by atoms with Crippen LogP contribution in [0.1, 0.15) is 13.8 Å². The number of hydrogen-bond donors (Lipinski definition) is 1. The number of nitro benzene ring substituents is 1. The van der Waals surface area contributed by atoms with Gasteiger partial charge in [-0.05, 0) is 38.1 Å². The molecule has 0 saturated heterocycles. The second kappa shape index (κ2) is 5.74. The predicted octanol–water partition coefficient (Wildman–Crippen LogP) is 2.44. The Morgan fingerprint density at radius 2 is 2.14 bits per heavy atom. The number of carbonyl (C=O) groups is 1. The van der Waals surface area contributed by atoms with Gasteiger partial charge in [0.1, 0.15) is 12.2 Å². The smallest absolute Gasteiger partial charge is 0.323 e. The third-order valence-electron chi connectivity index (χ3n) is 3.16. The molecule has 0 fully saturated rings. The Hall–Kier alpha value is -2.70. The van der Waals surface area contributed by atoms with Crippen molar-refractivity contribution >= 4 is 28.2 Å². The summed E-state index contributed by atoms with van der Waals surface area (Å²) >= 11 is 0. The standard InChI is InChI=1S/C14H15N3O4/c1-9(2)16(8-13(18)19)12-6-5-11-10(4-3-7-15-11)14(12)17(20)21/h3-7,9H,8H2,1-2H3,(H,18,19). The first-order valence-electron chi connectivity index (χ1n) is 6.42. The molecule has 0 aliphatic rings. The molecule has 0 radical (unpaired) electrons. The van der Waals surface area contributed by atoms with Crippen molar-refractivity contribution in [3.8, 4) is 0 Å². The predicted molar refractivity (Wildman–Crippen MR) is 78.5 cm³/mol. The highest BCUT2D eigenvalue weighted by atomic mass is 16.6. The zero-order valence-corrected chi connectivity index (χ0v) is 11.7. The molecular weight excluding hydrogens is 274 g/mol. The lowest BCUT2D eigenvalue weighted by atomic mass is 10.1. The van der Waals surface area contributed by atoms with Gasteiger partial charge >= 0.3 is 11.7 Å². The normalized spacial score (nSPS) is 10.8. The second-order valence-electron chi connectivity index (χ2n) is 4.88. The van der Waals surface area contributed by atoms with E-state index in [0.717, 1.165) is 0 Å². The van der Waals surface area contributed by atoms with Crippen LogP contribution in [0.5, 0.6) is 0 Å². The van der Waals surface area contributed by atoms with Crippen LogP contribution in [0, 0.1) is 10.1 Å². The maximum absolute atomic E-state index is 11.5. The van der Waals surface area contributed by atoms with Crippen LogP contribution in [0.25, 0.3) is 10.9 Å². The minimum atomic E-state index is -1.04. The quantitative estimate of drug-likeness (QED) is 0.670. The molecular formula is C14H15N3O4. The van der Waals surface area contributed by atoms with Gasteiger partial charge in [0.2, 0.25) is 0 Å². The maximum Gasteiger partial charge on any atom is 0.323 e. The van der Waals surface area contributed by atoms with Crippen LogP contribution in [0.3, 0.4) is 0 Å². The van der Waals surface area contributed by atoms with Gasteiger partial charge in [-0.3, -0.25) is 19.9 Å². The van der Waals surface area contributed by atoms with Gasteiger partial charge in [-0.2, -0.15) is 0 Å². The Bertz CT molecular complexity index is 700. The number of aliphatic carboxylic acids is 1. The second-order valence-corrected chi connectivity index (χ2v) is 4.88. The first-order chi connectivity index (χ1) is 9.91. The molecule has 1 aromatic carbocycles. The lowest BCUT2D eigenvalue weighted by Gasteiger charge is -2.27. The fourth-order valence-corrected chi connectivity index (χ4v) is 2.24. The number of rotatable bonds is 5. The number of fused-ring (bicyclic) bond motifs is 1. The Morgan fingerprint density at radius 3 is 2.71 bits per heavy atom. The van der Waals surface area contributed by atoms with Crippen molar-refractivity contribution in [1.29, 1.82) is 0 Å². The fraction of sp³-hybridized carbons (Fsp3) is 0.286. The van der Waals surface area contributed by atoms with E-state index in [2.05, 4.69) is 4.98 Å². The summed E-state index contributed by atoms with van der Waals surface area (Å²) < 4.78 is 0. The summed E-state index contributed by atoms with van der Waals surface area (Å²) in [5, 5.41) is 20.9. The SMILES string of the molecule is CC(C)N(CC(=O)O)c1ccc2ncccc2c1[N+](=O)[O-]. The molecule has 0 amide bonds. The minimum absolute atomic E-state index is 0.115. The summed E-state index contributed by atoms with van der Waals surface area (Å²) in [4.78, 5) is 27.6. The van der Waals surface area contributed by atoms with Crippen molar-refractivity contribution in [3.63, 3.8) is 0 Å². The van der Waals surface area contributed by atoms with E-state index in [4.69, 9.17) is 5.11 Å². The van der Waals surface area contributed by atoms with E-state index in [1.807, 2.05) is 0 Å². The number of pyridine rings is 1. The molecule has 1 N–H and O–H groups in total. The van der Waals surface area contributed by atoms with Crippen LogP contribution in [-0.2, 0) is 4.79 Å². The van der Waals surface area contributed by atoms with Gasteiger partial charge in [0.15, 0.2) is 0 Å². The molecule has 1 aromatic heterocycles. The number of nitrogens with zero attached hydrogens (tertiary/aromatic N) is 3. The van der Waals surface area contributed by atoms with Crippen molar-refractivity contribution in [2.75, 3.05) is 11.4 Å². The molecule has 0 spiro atoms. The summed E-state index contributed by atoms with van der Waals surface area (Å²) in [5.41, 5.74) is 0.681. The van der Waals surface area contributed by atoms with Crippen molar-refractivity contribution in [3.05, 3.63) is 40.6 Å². The zero-order valence-electron chi connectivity index (χ0n) is 11.7. The fourth-order valence-electron chi connectivity index (χ4n) is 2.24. The van der Waals surface area contributed by atoms with Crippen molar-refractivity contribution in [2.24, 2.45) is 0 Å². The minimum Gasteiger partial charge on any atom is -0.480 e. The Labute approximate surface area is 121 Å². The van der Waals surface area contributed by atoms with Gasteiger partial charge in [0.05, 0.1) is 15.8 Å². The topological polar surface area (TPSA) is 96.6 Å². The van der Waals surface area contributed by atoms with Crippen LogP contribution < -0.4 is 4.90 Å². The molecule has 0 bridgehead atoms. The lowest BCUT2D eigenvalue weighted by molar-refractivity contribution is -0.382. The summed E-state index contributed by atoms with van der Waals surface area (Å²) in [6.07, 6.45) is 1.56. The van der Waals surface area contributed by atoms with Crippen molar-refractivity contribution in [1.82, 2.24) is 4.98 Å². The van der Waals surface area contributed by atoms with Crippen LogP contribution >= 0.6 is 0 Å². The Kier molecular flexibility index (Phi) is 4.02. The number of benzene rings is 1. The maximum atomic E-state index is 11.5. The number of hydrogen-bond acceptors (Lipinski definition) is 5. The van der Waals surface area contributed by atoms with E-state index in [1.54, 1.807) is 44.3 Å². The van der Waals surface area contributed by atoms with Gasteiger partial charge in [-0.25, -0.2) is 0 Å². The van der Waals surface area contributed by atoms with Gasteiger partial charge in [0.25, 0.3) is 0 Å².